The number of anilines is 2. The van der Waals surface area contributed by atoms with Crippen molar-refractivity contribution in [2.24, 2.45) is 0 Å². The fourth-order valence-corrected chi connectivity index (χ4v) is 2.10. The second kappa shape index (κ2) is 6.78. The molecule has 0 fully saturated rings. The number of nitrogens with zero attached hydrogens (tertiary/aromatic N) is 2. The van der Waals surface area contributed by atoms with E-state index in [4.69, 9.17) is 0 Å². The normalized spacial score (nSPS) is 10.2. The summed E-state index contributed by atoms with van der Waals surface area (Å²) >= 11 is 0. The first-order chi connectivity index (χ1) is 9.33. The molecular formula is C16H21N3. The molecule has 0 radical (unpaired) electrons. The van der Waals surface area contributed by atoms with Crippen LogP contribution in [-0.2, 0) is 6.54 Å². The molecule has 0 unspecified atom stereocenters. The number of nitrogens with one attached hydrogen (secondary N) is 1. The number of aromatic nitrogens is 1. The van der Waals surface area contributed by atoms with Crippen molar-refractivity contribution in [3.8, 4) is 0 Å². The van der Waals surface area contributed by atoms with Crippen LogP contribution in [-0.4, -0.2) is 18.1 Å². The fourth-order valence-electron chi connectivity index (χ4n) is 2.10. The van der Waals surface area contributed by atoms with Crippen molar-refractivity contribution < 1.29 is 0 Å². The summed E-state index contributed by atoms with van der Waals surface area (Å²) < 4.78 is 0. The lowest BCUT2D eigenvalue weighted by molar-refractivity contribution is 0.830. The number of para-hydroxylation sites is 1. The smallest absolute Gasteiger partial charge is 0.126 e. The molecule has 0 aliphatic carbocycles. The fraction of sp³-hybridized carbons (Fsp3) is 0.312. The Labute approximate surface area is 115 Å². The number of hydrogen-bond acceptors (Lipinski definition) is 3. The Bertz CT molecular complexity index is 496. The highest BCUT2D eigenvalue weighted by molar-refractivity contribution is 5.47. The highest BCUT2D eigenvalue weighted by Crippen LogP contribution is 2.17. The summed E-state index contributed by atoms with van der Waals surface area (Å²) in [5.41, 5.74) is 2.53. The minimum absolute atomic E-state index is 0.895. The average Bonchev–Trinajstić information content (AvgIpc) is 2.46. The van der Waals surface area contributed by atoms with E-state index in [1.807, 2.05) is 12.3 Å². The van der Waals surface area contributed by atoms with Crippen molar-refractivity contribution in [1.29, 1.82) is 0 Å². The molecule has 0 saturated carbocycles. The SMILES string of the molecule is CCNc1cc(CN(CC)c2ccccc2)ccn1. The van der Waals surface area contributed by atoms with Gasteiger partial charge in [-0.2, -0.15) is 0 Å². The lowest BCUT2D eigenvalue weighted by Gasteiger charge is -2.23. The Hall–Kier alpha value is -2.03. The second-order valence-electron chi connectivity index (χ2n) is 4.43. The molecule has 1 N–H and O–H groups in total. The van der Waals surface area contributed by atoms with Crippen LogP contribution in [0.3, 0.4) is 0 Å². The highest BCUT2D eigenvalue weighted by Gasteiger charge is 2.05. The number of benzene rings is 1. The summed E-state index contributed by atoms with van der Waals surface area (Å²) in [5, 5.41) is 3.25. The van der Waals surface area contributed by atoms with Gasteiger partial charge in [-0.15, -0.1) is 0 Å². The van der Waals surface area contributed by atoms with E-state index < -0.39 is 0 Å². The molecule has 0 bridgehead atoms. The van der Waals surface area contributed by atoms with E-state index in [1.54, 1.807) is 0 Å². The predicted octanol–water partition coefficient (Wildman–Crippen LogP) is 3.54. The number of pyridine rings is 1. The zero-order chi connectivity index (χ0) is 13.5. The standard InChI is InChI=1S/C16H21N3/c1-3-17-16-12-14(10-11-18-16)13-19(4-2)15-8-6-5-7-9-15/h5-12H,3-4,13H2,1-2H3,(H,17,18). The van der Waals surface area contributed by atoms with Gasteiger partial charge >= 0.3 is 0 Å². The summed E-state index contributed by atoms with van der Waals surface area (Å²) in [5.74, 6) is 0.948. The quantitative estimate of drug-likeness (QED) is 0.855. The summed E-state index contributed by atoms with van der Waals surface area (Å²) in [6, 6.07) is 14.7. The molecule has 1 aromatic heterocycles. The van der Waals surface area contributed by atoms with Gasteiger partial charge in [0.1, 0.15) is 5.82 Å². The highest BCUT2D eigenvalue weighted by atomic mass is 15.1. The lowest BCUT2D eigenvalue weighted by Crippen LogP contribution is -2.21. The van der Waals surface area contributed by atoms with Crippen LogP contribution in [0.1, 0.15) is 19.4 Å². The van der Waals surface area contributed by atoms with Gasteiger partial charge < -0.3 is 10.2 Å². The minimum Gasteiger partial charge on any atom is -0.370 e. The monoisotopic (exact) mass is 255 g/mol. The molecule has 3 heteroatoms. The molecule has 0 saturated heterocycles. The Morgan fingerprint density at radius 1 is 1.11 bits per heavy atom. The number of rotatable bonds is 6. The number of hydrogen-bond donors (Lipinski definition) is 1. The summed E-state index contributed by atoms with van der Waals surface area (Å²) in [6.07, 6.45) is 1.87. The molecule has 2 aromatic rings. The van der Waals surface area contributed by atoms with Crippen LogP contribution in [0.2, 0.25) is 0 Å². The third-order valence-electron chi connectivity index (χ3n) is 3.06. The van der Waals surface area contributed by atoms with Gasteiger partial charge in [0.15, 0.2) is 0 Å². The van der Waals surface area contributed by atoms with E-state index >= 15 is 0 Å². The lowest BCUT2D eigenvalue weighted by atomic mass is 10.2. The van der Waals surface area contributed by atoms with E-state index in [1.165, 1.54) is 11.3 Å². The largest absolute Gasteiger partial charge is 0.370 e. The van der Waals surface area contributed by atoms with E-state index in [9.17, 15) is 0 Å². The Morgan fingerprint density at radius 2 is 1.89 bits per heavy atom. The van der Waals surface area contributed by atoms with Crippen molar-refractivity contribution in [2.75, 3.05) is 23.3 Å². The van der Waals surface area contributed by atoms with Gasteiger partial charge in [-0.3, -0.25) is 0 Å². The van der Waals surface area contributed by atoms with Crippen molar-refractivity contribution in [3.05, 3.63) is 54.2 Å². The maximum Gasteiger partial charge on any atom is 0.126 e. The van der Waals surface area contributed by atoms with Gasteiger partial charge in [-0.25, -0.2) is 4.98 Å². The van der Waals surface area contributed by atoms with Gasteiger partial charge in [0.2, 0.25) is 0 Å². The van der Waals surface area contributed by atoms with Crippen LogP contribution >= 0.6 is 0 Å². The molecule has 100 valence electrons. The molecule has 0 aliphatic rings. The van der Waals surface area contributed by atoms with Crippen molar-refractivity contribution in [1.82, 2.24) is 4.98 Å². The zero-order valence-electron chi connectivity index (χ0n) is 11.6. The van der Waals surface area contributed by atoms with Crippen LogP contribution < -0.4 is 10.2 Å². The van der Waals surface area contributed by atoms with Gasteiger partial charge in [0.25, 0.3) is 0 Å². The van der Waals surface area contributed by atoms with E-state index in [0.29, 0.717) is 0 Å². The first-order valence-corrected chi connectivity index (χ1v) is 6.82. The Balaban J connectivity index is 2.12. The molecule has 19 heavy (non-hydrogen) atoms. The van der Waals surface area contributed by atoms with Crippen LogP contribution in [0.5, 0.6) is 0 Å². The first-order valence-electron chi connectivity index (χ1n) is 6.82. The van der Waals surface area contributed by atoms with E-state index in [2.05, 4.69) is 65.4 Å². The van der Waals surface area contributed by atoms with Crippen molar-refractivity contribution in [3.63, 3.8) is 0 Å². The van der Waals surface area contributed by atoms with Gasteiger partial charge in [0.05, 0.1) is 0 Å². The Morgan fingerprint density at radius 3 is 2.58 bits per heavy atom. The van der Waals surface area contributed by atoms with Gasteiger partial charge in [0, 0.05) is 31.5 Å². The molecule has 0 amide bonds. The third-order valence-corrected chi connectivity index (χ3v) is 3.06. The molecular weight excluding hydrogens is 234 g/mol. The molecule has 3 nitrogen and oxygen atoms in total. The van der Waals surface area contributed by atoms with Crippen molar-refractivity contribution in [2.45, 2.75) is 20.4 Å². The molecule has 1 heterocycles. The van der Waals surface area contributed by atoms with E-state index in [-0.39, 0.29) is 0 Å². The third kappa shape index (κ3) is 3.71. The van der Waals surface area contributed by atoms with Crippen LogP contribution in [0.15, 0.2) is 48.7 Å². The molecule has 0 aliphatic heterocycles. The van der Waals surface area contributed by atoms with Gasteiger partial charge in [-0.05, 0) is 43.7 Å². The second-order valence-corrected chi connectivity index (χ2v) is 4.43. The molecule has 2 rings (SSSR count). The van der Waals surface area contributed by atoms with Gasteiger partial charge in [-0.1, -0.05) is 18.2 Å². The topological polar surface area (TPSA) is 28.2 Å². The maximum absolute atomic E-state index is 4.31. The van der Waals surface area contributed by atoms with Crippen LogP contribution in [0.4, 0.5) is 11.5 Å². The summed E-state index contributed by atoms with van der Waals surface area (Å²) in [6.45, 7) is 7.05. The molecule has 0 spiro atoms. The molecule has 0 atom stereocenters. The summed E-state index contributed by atoms with van der Waals surface area (Å²) in [7, 11) is 0. The zero-order valence-corrected chi connectivity index (χ0v) is 11.6. The Kier molecular flexibility index (Phi) is 4.78. The van der Waals surface area contributed by atoms with Crippen molar-refractivity contribution >= 4 is 11.5 Å². The summed E-state index contributed by atoms with van der Waals surface area (Å²) in [4.78, 5) is 6.66. The van der Waals surface area contributed by atoms with E-state index in [0.717, 1.165) is 25.5 Å². The van der Waals surface area contributed by atoms with Crippen LogP contribution in [0.25, 0.3) is 0 Å². The minimum atomic E-state index is 0.895. The maximum atomic E-state index is 4.31. The average molecular weight is 255 g/mol. The predicted molar refractivity (Wildman–Crippen MR) is 81.6 cm³/mol. The molecule has 1 aromatic carbocycles. The van der Waals surface area contributed by atoms with Crippen LogP contribution in [0, 0.1) is 0 Å². The first kappa shape index (κ1) is 13.4.